The minimum absolute atomic E-state index is 0.0113. The number of urea groups is 1. The summed E-state index contributed by atoms with van der Waals surface area (Å²) in [6.45, 7) is 3.08. The van der Waals surface area contributed by atoms with Gasteiger partial charge in [0.2, 0.25) is 5.91 Å². The standard InChI is InChI=1S/C12H21N3O4/c1-3-5-14(8-10(16)13-2)12(19)15-6-4-9(7-15)11(17)18/h9H,3-8H2,1-2H3,(H,13,16)(H,17,18). The second kappa shape index (κ2) is 6.96. The fourth-order valence-electron chi connectivity index (χ4n) is 2.10. The summed E-state index contributed by atoms with van der Waals surface area (Å²) < 4.78 is 0. The molecular formula is C12H21N3O4. The van der Waals surface area contributed by atoms with Gasteiger partial charge in [-0.05, 0) is 12.8 Å². The molecule has 1 aliphatic rings. The SMILES string of the molecule is CCCN(CC(=O)NC)C(=O)N1CCC(C(=O)O)C1. The van der Waals surface area contributed by atoms with Gasteiger partial charge in [-0.25, -0.2) is 4.79 Å². The van der Waals surface area contributed by atoms with E-state index in [2.05, 4.69) is 5.32 Å². The lowest BCUT2D eigenvalue weighted by Gasteiger charge is -2.27. The van der Waals surface area contributed by atoms with Crippen LogP contribution in [0.5, 0.6) is 0 Å². The smallest absolute Gasteiger partial charge is 0.320 e. The quantitative estimate of drug-likeness (QED) is 0.735. The van der Waals surface area contributed by atoms with E-state index in [1.165, 1.54) is 16.8 Å². The van der Waals surface area contributed by atoms with Crippen molar-refractivity contribution >= 4 is 17.9 Å². The molecule has 0 aromatic carbocycles. The highest BCUT2D eigenvalue weighted by Gasteiger charge is 2.33. The summed E-state index contributed by atoms with van der Waals surface area (Å²) in [5.74, 6) is -1.59. The lowest BCUT2D eigenvalue weighted by Crippen LogP contribution is -2.46. The Balaban J connectivity index is 2.61. The van der Waals surface area contributed by atoms with Crippen molar-refractivity contribution in [2.45, 2.75) is 19.8 Å². The van der Waals surface area contributed by atoms with Gasteiger partial charge in [-0.2, -0.15) is 0 Å². The number of hydrogen-bond acceptors (Lipinski definition) is 3. The van der Waals surface area contributed by atoms with Crippen LogP contribution in [0.4, 0.5) is 4.79 Å². The van der Waals surface area contributed by atoms with E-state index < -0.39 is 11.9 Å². The normalized spacial score (nSPS) is 18.2. The molecule has 0 bridgehead atoms. The Kier molecular flexibility index (Phi) is 5.59. The summed E-state index contributed by atoms with van der Waals surface area (Å²) in [5.41, 5.74) is 0. The highest BCUT2D eigenvalue weighted by molar-refractivity contribution is 5.84. The molecule has 1 saturated heterocycles. The molecule has 1 fully saturated rings. The molecule has 0 radical (unpaired) electrons. The topological polar surface area (TPSA) is 90.0 Å². The Bertz CT molecular complexity index is 359. The highest BCUT2D eigenvalue weighted by Crippen LogP contribution is 2.18. The minimum Gasteiger partial charge on any atom is -0.481 e. The molecule has 7 nitrogen and oxygen atoms in total. The third-order valence-corrected chi connectivity index (χ3v) is 3.19. The van der Waals surface area contributed by atoms with Crippen LogP contribution >= 0.6 is 0 Å². The van der Waals surface area contributed by atoms with Crippen LogP contribution in [0.2, 0.25) is 0 Å². The van der Waals surface area contributed by atoms with Crippen LogP contribution in [0.25, 0.3) is 0 Å². The first-order chi connectivity index (χ1) is 8.99. The van der Waals surface area contributed by atoms with Gasteiger partial charge >= 0.3 is 12.0 Å². The first kappa shape index (κ1) is 15.3. The monoisotopic (exact) mass is 271 g/mol. The molecule has 1 aliphatic heterocycles. The maximum Gasteiger partial charge on any atom is 0.320 e. The van der Waals surface area contributed by atoms with Crippen molar-refractivity contribution in [3.8, 4) is 0 Å². The van der Waals surface area contributed by atoms with Gasteiger partial charge in [0.25, 0.3) is 0 Å². The van der Waals surface area contributed by atoms with Crippen molar-refractivity contribution in [3.63, 3.8) is 0 Å². The average Bonchev–Trinajstić information content (AvgIpc) is 2.86. The van der Waals surface area contributed by atoms with Gasteiger partial charge in [0.05, 0.1) is 5.92 Å². The zero-order valence-corrected chi connectivity index (χ0v) is 11.4. The average molecular weight is 271 g/mol. The number of carboxylic acid groups (broad SMARTS) is 1. The minimum atomic E-state index is -0.872. The van der Waals surface area contributed by atoms with Gasteiger partial charge in [0.1, 0.15) is 6.54 Å². The molecule has 1 rings (SSSR count). The highest BCUT2D eigenvalue weighted by atomic mass is 16.4. The van der Waals surface area contributed by atoms with Gasteiger partial charge in [0.15, 0.2) is 0 Å². The second-order valence-electron chi connectivity index (χ2n) is 4.65. The third kappa shape index (κ3) is 4.11. The van der Waals surface area contributed by atoms with Crippen LogP contribution in [0.1, 0.15) is 19.8 Å². The molecule has 0 saturated carbocycles. The predicted molar refractivity (Wildman–Crippen MR) is 68.6 cm³/mol. The molecule has 1 atom stereocenters. The summed E-state index contributed by atoms with van der Waals surface area (Å²) in [7, 11) is 1.52. The van der Waals surface area contributed by atoms with E-state index in [1.54, 1.807) is 0 Å². The summed E-state index contributed by atoms with van der Waals surface area (Å²) in [5, 5.41) is 11.4. The number of nitrogens with one attached hydrogen (secondary N) is 1. The number of amides is 3. The zero-order chi connectivity index (χ0) is 14.4. The van der Waals surface area contributed by atoms with E-state index in [4.69, 9.17) is 5.11 Å². The molecular weight excluding hydrogens is 250 g/mol. The lowest BCUT2D eigenvalue weighted by atomic mass is 10.1. The summed E-state index contributed by atoms with van der Waals surface area (Å²) in [4.78, 5) is 37.5. The number of aliphatic carboxylic acids is 1. The van der Waals surface area contributed by atoms with Crippen LogP contribution in [-0.2, 0) is 9.59 Å². The molecule has 0 aromatic rings. The number of carboxylic acids is 1. The van der Waals surface area contributed by atoms with Crippen LogP contribution in [-0.4, -0.2) is 66.0 Å². The molecule has 0 spiro atoms. The van der Waals surface area contributed by atoms with Crippen molar-refractivity contribution in [1.82, 2.24) is 15.1 Å². The maximum absolute atomic E-state index is 12.2. The largest absolute Gasteiger partial charge is 0.481 e. The molecule has 3 amide bonds. The molecule has 19 heavy (non-hydrogen) atoms. The van der Waals surface area contributed by atoms with Gasteiger partial charge in [0, 0.05) is 26.7 Å². The van der Waals surface area contributed by atoms with Gasteiger partial charge in [-0.15, -0.1) is 0 Å². The Hall–Kier alpha value is -1.79. The number of hydrogen-bond donors (Lipinski definition) is 2. The molecule has 1 unspecified atom stereocenters. The van der Waals surface area contributed by atoms with E-state index in [0.717, 1.165) is 6.42 Å². The maximum atomic E-state index is 12.2. The second-order valence-corrected chi connectivity index (χ2v) is 4.65. The lowest BCUT2D eigenvalue weighted by molar-refractivity contribution is -0.141. The third-order valence-electron chi connectivity index (χ3n) is 3.19. The summed E-state index contributed by atoms with van der Waals surface area (Å²) >= 11 is 0. The first-order valence-corrected chi connectivity index (χ1v) is 6.46. The number of nitrogens with zero attached hydrogens (tertiary/aromatic N) is 2. The number of carbonyl (C=O) groups is 3. The number of likely N-dealkylation sites (N-methyl/N-ethyl adjacent to an activating group) is 1. The summed E-state index contributed by atoms with van der Waals surface area (Å²) in [6, 6.07) is -0.255. The van der Waals surface area contributed by atoms with E-state index in [9.17, 15) is 14.4 Å². The van der Waals surface area contributed by atoms with E-state index in [-0.39, 0.29) is 25.0 Å². The van der Waals surface area contributed by atoms with Crippen LogP contribution < -0.4 is 5.32 Å². The Morgan fingerprint density at radius 2 is 2.11 bits per heavy atom. The first-order valence-electron chi connectivity index (χ1n) is 6.46. The summed E-state index contributed by atoms with van der Waals surface area (Å²) in [6.07, 6.45) is 1.22. The van der Waals surface area contributed by atoms with Crippen molar-refractivity contribution in [3.05, 3.63) is 0 Å². The van der Waals surface area contributed by atoms with E-state index in [1.807, 2.05) is 6.92 Å². The molecule has 2 N–H and O–H groups in total. The fraction of sp³-hybridized carbons (Fsp3) is 0.750. The van der Waals surface area contributed by atoms with Crippen molar-refractivity contribution in [2.75, 3.05) is 33.2 Å². The van der Waals surface area contributed by atoms with Crippen LogP contribution in [0, 0.1) is 5.92 Å². The van der Waals surface area contributed by atoms with Crippen LogP contribution in [0.3, 0.4) is 0 Å². The van der Waals surface area contributed by atoms with Gasteiger partial charge in [-0.3, -0.25) is 9.59 Å². The Labute approximate surface area is 112 Å². The molecule has 0 aliphatic carbocycles. The van der Waals surface area contributed by atoms with E-state index in [0.29, 0.717) is 19.5 Å². The molecule has 7 heteroatoms. The number of carbonyl (C=O) groups excluding carboxylic acids is 2. The zero-order valence-electron chi connectivity index (χ0n) is 11.4. The fourth-order valence-corrected chi connectivity index (χ4v) is 2.10. The Morgan fingerprint density at radius 3 is 2.58 bits per heavy atom. The van der Waals surface area contributed by atoms with E-state index >= 15 is 0 Å². The van der Waals surface area contributed by atoms with Crippen molar-refractivity contribution in [2.24, 2.45) is 5.92 Å². The van der Waals surface area contributed by atoms with Gasteiger partial charge in [-0.1, -0.05) is 6.92 Å². The Morgan fingerprint density at radius 1 is 1.42 bits per heavy atom. The van der Waals surface area contributed by atoms with Crippen LogP contribution in [0.15, 0.2) is 0 Å². The van der Waals surface area contributed by atoms with Crippen molar-refractivity contribution in [1.29, 1.82) is 0 Å². The number of likely N-dealkylation sites (tertiary alicyclic amines) is 1. The predicted octanol–water partition coefficient (Wildman–Crippen LogP) is -0.0291. The van der Waals surface area contributed by atoms with Gasteiger partial charge < -0.3 is 20.2 Å². The molecule has 1 heterocycles. The van der Waals surface area contributed by atoms with Crippen molar-refractivity contribution < 1.29 is 19.5 Å². The number of rotatable bonds is 5. The molecule has 108 valence electrons. The molecule has 0 aromatic heterocycles.